The van der Waals surface area contributed by atoms with Crippen molar-refractivity contribution < 1.29 is 9.53 Å². The van der Waals surface area contributed by atoms with Crippen LogP contribution >= 0.6 is 0 Å². The molecule has 1 amide bonds. The highest BCUT2D eigenvalue weighted by molar-refractivity contribution is 5.97. The molecule has 20 heavy (non-hydrogen) atoms. The molecule has 4 nitrogen and oxygen atoms in total. The predicted molar refractivity (Wildman–Crippen MR) is 81.2 cm³/mol. The third kappa shape index (κ3) is 2.52. The Morgan fingerprint density at radius 3 is 2.45 bits per heavy atom. The average Bonchev–Trinajstić information content (AvgIpc) is 2.96. The van der Waals surface area contributed by atoms with Crippen LogP contribution in [0.3, 0.4) is 0 Å². The van der Waals surface area contributed by atoms with Crippen molar-refractivity contribution in [1.29, 1.82) is 0 Å². The normalized spacial score (nSPS) is 22.1. The fourth-order valence-electron chi connectivity index (χ4n) is 2.89. The largest absolute Gasteiger partial charge is 0.497 e. The standard InChI is InChI=1S/C16H24N2O2/c1-12(2)16(9-10-17-11-16)15(19)18(3)13-5-7-14(20-4)8-6-13/h5-8,12,17H,9-11H2,1-4H3. The lowest BCUT2D eigenvalue weighted by atomic mass is 9.75. The molecular formula is C16H24N2O2. The van der Waals surface area contributed by atoms with Gasteiger partial charge in [0.2, 0.25) is 5.91 Å². The summed E-state index contributed by atoms with van der Waals surface area (Å²) in [6.45, 7) is 5.95. The number of carbonyl (C=O) groups is 1. The maximum atomic E-state index is 12.9. The van der Waals surface area contributed by atoms with E-state index >= 15 is 0 Å². The van der Waals surface area contributed by atoms with Crippen molar-refractivity contribution in [3.63, 3.8) is 0 Å². The van der Waals surface area contributed by atoms with Crippen LogP contribution in [0, 0.1) is 11.3 Å². The van der Waals surface area contributed by atoms with E-state index in [1.165, 1.54) is 0 Å². The number of carbonyl (C=O) groups excluding carboxylic acids is 1. The molecule has 1 unspecified atom stereocenters. The second-order valence-electron chi connectivity index (χ2n) is 5.80. The molecular weight excluding hydrogens is 252 g/mol. The van der Waals surface area contributed by atoms with E-state index in [-0.39, 0.29) is 11.3 Å². The van der Waals surface area contributed by atoms with E-state index in [1.807, 2.05) is 31.3 Å². The first-order valence-electron chi connectivity index (χ1n) is 7.14. The number of nitrogens with one attached hydrogen (secondary N) is 1. The molecule has 1 aliphatic rings. The first kappa shape index (κ1) is 14.9. The van der Waals surface area contributed by atoms with Gasteiger partial charge in [-0.25, -0.2) is 0 Å². The number of ether oxygens (including phenoxy) is 1. The zero-order valence-electron chi connectivity index (χ0n) is 12.8. The van der Waals surface area contributed by atoms with Crippen LogP contribution in [-0.2, 0) is 4.79 Å². The number of benzene rings is 1. The monoisotopic (exact) mass is 276 g/mol. The van der Waals surface area contributed by atoms with Crippen LogP contribution in [0.5, 0.6) is 5.75 Å². The van der Waals surface area contributed by atoms with Gasteiger partial charge in [0.15, 0.2) is 0 Å². The van der Waals surface area contributed by atoms with Crippen LogP contribution in [0.2, 0.25) is 0 Å². The summed E-state index contributed by atoms with van der Waals surface area (Å²) < 4.78 is 5.15. The molecule has 4 heteroatoms. The van der Waals surface area contributed by atoms with Crippen molar-refractivity contribution >= 4 is 11.6 Å². The molecule has 1 atom stereocenters. The Kier molecular flexibility index (Phi) is 4.33. The number of rotatable bonds is 4. The highest BCUT2D eigenvalue weighted by Gasteiger charge is 2.45. The molecule has 1 aliphatic heterocycles. The Morgan fingerprint density at radius 2 is 2.00 bits per heavy atom. The molecule has 1 aromatic carbocycles. The molecule has 2 rings (SSSR count). The van der Waals surface area contributed by atoms with E-state index in [2.05, 4.69) is 19.2 Å². The Labute approximate surface area is 121 Å². The van der Waals surface area contributed by atoms with Crippen molar-refractivity contribution in [3.8, 4) is 5.75 Å². The van der Waals surface area contributed by atoms with Crippen LogP contribution in [0.1, 0.15) is 20.3 Å². The van der Waals surface area contributed by atoms with Crippen LogP contribution in [0.25, 0.3) is 0 Å². The van der Waals surface area contributed by atoms with E-state index in [9.17, 15) is 4.79 Å². The molecule has 0 aliphatic carbocycles. The van der Waals surface area contributed by atoms with Crippen LogP contribution < -0.4 is 15.0 Å². The summed E-state index contributed by atoms with van der Waals surface area (Å²) in [6, 6.07) is 7.61. The molecule has 1 saturated heterocycles. The summed E-state index contributed by atoms with van der Waals surface area (Å²) in [4.78, 5) is 14.7. The minimum absolute atomic E-state index is 0.197. The molecule has 0 spiro atoms. The van der Waals surface area contributed by atoms with Gasteiger partial charge in [0, 0.05) is 19.3 Å². The summed E-state index contributed by atoms with van der Waals surface area (Å²) in [7, 11) is 3.49. The predicted octanol–water partition coefficient (Wildman–Crippen LogP) is 2.29. The van der Waals surface area contributed by atoms with Gasteiger partial charge < -0.3 is 15.0 Å². The fourth-order valence-corrected chi connectivity index (χ4v) is 2.89. The summed E-state index contributed by atoms with van der Waals surface area (Å²) in [5.41, 5.74) is 0.622. The lowest BCUT2D eigenvalue weighted by molar-refractivity contribution is -0.129. The first-order valence-corrected chi connectivity index (χ1v) is 7.14. The SMILES string of the molecule is COc1ccc(N(C)C(=O)C2(C(C)C)CCNC2)cc1. The smallest absolute Gasteiger partial charge is 0.234 e. The fraction of sp³-hybridized carbons (Fsp3) is 0.562. The van der Waals surface area contributed by atoms with Crippen LogP contribution in [-0.4, -0.2) is 33.2 Å². The van der Waals surface area contributed by atoms with Crippen molar-refractivity contribution in [2.24, 2.45) is 11.3 Å². The highest BCUT2D eigenvalue weighted by atomic mass is 16.5. The van der Waals surface area contributed by atoms with Crippen molar-refractivity contribution in [2.45, 2.75) is 20.3 Å². The van der Waals surface area contributed by atoms with Crippen molar-refractivity contribution in [1.82, 2.24) is 5.32 Å². The van der Waals surface area contributed by atoms with Crippen molar-refractivity contribution in [3.05, 3.63) is 24.3 Å². The maximum Gasteiger partial charge on any atom is 0.234 e. The van der Waals surface area contributed by atoms with Crippen LogP contribution in [0.4, 0.5) is 5.69 Å². The minimum Gasteiger partial charge on any atom is -0.497 e. The Bertz CT molecular complexity index is 462. The number of amides is 1. The number of anilines is 1. The van der Waals surface area contributed by atoms with E-state index in [4.69, 9.17) is 4.74 Å². The Balaban J connectivity index is 2.22. The molecule has 0 radical (unpaired) electrons. The zero-order valence-corrected chi connectivity index (χ0v) is 12.8. The number of hydrogen-bond donors (Lipinski definition) is 1. The second kappa shape index (κ2) is 5.83. The third-order valence-corrected chi connectivity index (χ3v) is 4.48. The third-order valence-electron chi connectivity index (χ3n) is 4.48. The number of methoxy groups -OCH3 is 1. The molecule has 0 saturated carbocycles. The van der Waals surface area contributed by atoms with Gasteiger partial charge in [-0.2, -0.15) is 0 Å². The van der Waals surface area contributed by atoms with Crippen molar-refractivity contribution in [2.75, 3.05) is 32.1 Å². The second-order valence-corrected chi connectivity index (χ2v) is 5.80. The lowest BCUT2D eigenvalue weighted by Gasteiger charge is -2.35. The van der Waals surface area contributed by atoms with E-state index in [0.717, 1.165) is 30.9 Å². The Hall–Kier alpha value is -1.55. The summed E-state index contributed by atoms with van der Waals surface area (Å²) in [5.74, 6) is 1.32. The van der Waals surface area contributed by atoms with E-state index in [1.54, 1.807) is 12.0 Å². The Morgan fingerprint density at radius 1 is 1.35 bits per heavy atom. The summed E-state index contributed by atoms with van der Waals surface area (Å²) >= 11 is 0. The molecule has 1 N–H and O–H groups in total. The lowest BCUT2D eigenvalue weighted by Crippen LogP contribution is -2.47. The van der Waals surface area contributed by atoms with Crippen LogP contribution in [0.15, 0.2) is 24.3 Å². The van der Waals surface area contributed by atoms with Gasteiger partial charge in [-0.15, -0.1) is 0 Å². The molecule has 1 heterocycles. The molecule has 110 valence electrons. The van der Waals surface area contributed by atoms with Gasteiger partial charge >= 0.3 is 0 Å². The minimum atomic E-state index is -0.283. The zero-order chi connectivity index (χ0) is 14.8. The molecule has 0 bridgehead atoms. The van der Waals surface area contributed by atoms with E-state index < -0.39 is 0 Å². The number of nitrogens with zero attached hydrogens (tertiary/aromatic N) is 1. The van der Waals surface area contributed by atoms with Gasteiger partial charge in [-0.05, 0) is 43.1 Å². The summed E-state index contributed by atoms with van der Waals surface area (Å²) in [5, 5.41) is 3.33. The highest BCUT2D eigenvalue weighted by Crippen LogP contribution is 2.37. The maximum absolute atomic E-state index is 12.9. The molecule has 1 aromatic rings. The van der Waals surface area contributed by atoms with Gasteiger partial charge in [0.25, 0.3) is 0 Å². The molecule has 1 fully saturated rings. The summed E-state index contributed by atoms with van der Waals surface area (Å²) in [6.07, 6.45) is 0.907. The van der Waals surface area contributed by atoms with E-state index in [0.29, 0.717) is 5.92 Å². The van der Waals surface area contributed by atoms with Gasteiger partial charge in [-0.3, -0.25) is 4.79 Å². The topological polar surface area (TPSA) is 41.6 Å². The van der Waals surface area contributed by atoms with Gasteiger partial charge in [-0.1, -0.05) is 13.8 Å². The molecule has 0 aromatic heterocycles. The van der Waals surface area contributed by atoms with Gasteiger partial charge in [0.05, 0.1) is 12.5 Å². The first-order chi connectivity index (χ1) is 9.51. The quantitative estimate of drug-likeness (QED) is 0.917. The van der Waals surface area contributed by atoms with Gasteiger partial charge in [0.1, 0.15) is 5.75 Å². The number of hydrogen-bond acceptors (Lipinski definition) is 3. The average molecular weight is 276 g/mol.